The molecule has 2 aromatic carbocycles. The van der Waals surface area contributed by atoms with Gasteiger partial charge in [-0.05, 0) is 66.9 Å². The predicted molar refractivity (Wildman–Crippen MR) is 203 cm³/mol. The van der Waals surface area contributed by atoms with E-state index in [-0.39, 0.29) is 48.8 Å². The van der Waals surface area contributed by atoms with Gasteiger partial charge in [-0.1, -0.05) is 24.3 Å². The van der Waals surface area contributed by atoms with Crippen LogP contribution in [0.4, 0.5) is 27.4 Å². The van der Waals surface area contributed by atoms with Crippen LogP contribution in [0.1, 0.15) is 42.9 Å². The number of anilines is 4. The summed E-state index contributed by atoms with van der Waals surface area (Å²) in [5.41, 5.74) is 5.92. The molecule has 14 heteroatoms. The Balaban J connectivity index is 0.830. The van der Waals surface area contributed by atoms with E-state index in [0.717, 1.165) is 103 Å². The van der Waals surface area contributed by atoms with E-state index in [1.807, 2.05) is 65.3 Å². The molecule has 2 N–H and O–H groups in total. The van der Waals surface area contributed by atoms with Gasteiger partial charge in [-0.25, -0.2) is 18.9 Å². The molecule has 1 atom stereocenters. The molecule has 3 fully saturated rings. The van der Waals surface area contributed by atoms with Gasteiger partial charge in [0.1, 0.15) is 23.1 Å². The first kappa shape index (κ1) is 33.9. The van der Waals surface area contributed by atoms with Gasteiger partial charge in [-0.15, -0.1) is 5.10 Å². The molecule has 0 spiro atoms. The van der Waals surface area contributed by atoms with E-state index in [0.29, 0.717) is 6.54 Å². The van der Waals surface area contributed by atoms with E-state index in [9.17, 15) is 18.8 Å². The van der Waals surface area contributed by atoms with Crippen molar-refractivity contribution in [3.8, 4) is 11.4 Å². The van der Waals surface area contributed by atoms with Crippen molar-refractivity contribution in [3.05, 3.63) is 95.9 Å². The number of aromatic nitrogens is 4. The first-order chi connectivity index (χ1) is 26.4. The SMILES string of the molecule is O=C1CC(N2C(=O)Cc3c(NCCN4CCN(c5cccc(-c6cnc7ccc(N8CCC[C@@H]8c8cccc(F)c8)nn67)n5)CC4)cccc32)CC(=O)N1. The minimum atomic E-state index is -0.451. The van der Waals surface area contributed by atoms with E-state index >= 15 is 0 Å². The highest BCUT2D eigenvalue weighted by Crippen LogP contribution is 2.38. The topological polar surface area (TPSA) is 131 Å². The molecule has 0 saturated carbocycles. The number of nitrogens with one attached hydrogen (secondary N) is 2. The summed E-state index contributed by atoms with van der Waals surface area (Å²) in [6.45, 7) is 5.83. The summed E-state index contributed by atoms with van der Waals surface area (Å²) in [6, 6.07) is 22.3. The Morgan fingerprint density at radius 3 is 2.52 bits per heavy atom. The summed E-state index contributed by atoms with van der Waals surface area (Å²) in [6.07, 6.45) is 4.27. The van der Waals surface area contributed by atoms with Crippen molar-refractivity contribution in [3.63, 3.8) is 0 Å². The lowest BCUT2D eigenvalue weighted by molar-refractivity contribution is -0.133. The number of hydrogen-bond acceptors (Lipinski definition) is 10. The maximum Gasteiger partial charge on any atom is 0.231 e. The fourth-order valence-electron chi connectivity index (χ4n) is 8.45. The maximum absolute atomic E-state index is 14.1. The Labute approximate surface area is 311 Å². The van der Waals surface area contributed by atoms with Crippen molar-refractivity contribution in [2.75, 3.05) is 65.8 Å². The summed E-state index contributed by atoms with van der Waals surface area (Å²) < 4.78 is 15.9. The van der Waals surface area contributed by atoms with Gasteiger partial charge in [0.15, 0.2) is 5.65 Å². The van der Waals surface area contributed by atoms with Crippen LogP contribution in [0.15, 0.2) is 79.0 Å². The highest BCUT2D eigenvalue weighted by atomic mass is 19.1. The molecule has 3 saturated heterocycles. The van der Waals surface area contributed by atoms with Crippen molar-refractivity contribution in [1.29, 1.82) is 0 Å². The van der Waals surface area contributed by atoms with Crippen molar-refractivity contribution in [2.45, 2.75) is 44.2 Å². The highest BCUT2D eigenvalue weighted by molar-refractivity contribution is 6.06. The van der Waals surface area contributed by atoms with Crippen LogP contribution < -0.4 is 25.3 Å². The molecule has 7 heterocycles. The van der Waals surface area contributed by atoms with Gasteiger partial charge in [0, 0.05) is 75.6 Å². The smallest absolute Gasteiger partial charge is 0.231 e. The Morgan fingerprint density at radius 1 is 0.870 bits per heavy atom. The molecular weight excluding hydrogens is 688 g/mol. The number of piperidine rings is 1. The lowest BCUT2D eigenvalue weighted by Crippen LogP contribution is -2.49. The average Bonchev–Trinajstić information content (AvgIpc) is 3.92. The zero-order valence-corrected chi connectivity index (χ0v) is 29.8. The van der Waals surface area contributed by atoms with E-state index in [2.05, 4.69) is 30.3 Å². The third-order valence-corrected chi connectivity index (χ3v) is 11.1. The van der Waals surface area contributed by atoms with Gasteiger partial charge in [0.25, 0.3) is 0 Å². The van der Waals surface area contributed by atoms with Crippen LogP contribution in [0.5, 0.6) is 0 Å². The lowest BCUT2D eigenvalue weighted by atomic mass is 10.0. The molecule has 5 aromatic rings. The first-order valence-electron chi connectivity index (χ1n) is 18.7. The summed E-state index contributed by atoms with van der Waals surface area (Å²) in [5, 5.41) is 10.9. The van der Waals surface area contributed by atoms with Crippen LogP contribution in [-0.4, -0.2) is 94.1 Å². The third kappa shape index (κ3) is 6.50. The molecular formula is C40H41FN10O3. The van der Waals surface area contributed by atoms with Crippen molar-refractivity contribution in [2.24, 2.45) is 0 Å². The van der Waals surface area contributed by atoms with Gasteiger partial charge in [-0.2, -0.15) is 0 Å². The number of pyridine rings is 1. The molecule has 3 aromatic heterocycles. The first-order valence-corrected chi connectivity index (χ1v) is 18.7. The number of halogens is 1. The summed E-state index contributed by atoms with van der Waals surface area (Å²) in [7, 11) is 0. The molecule has 276 valence electrons. The molecule has 4 aliphatic rings. The van der Waals surface area contributed by atoms with Gasteiger partial charge in [-0.3, -0.25) is 24.6 Å². The standard InChI is InChI=1S/C40H41FN10O3/c41-27-6-1-5-26(21-27)32-10-4-15-49(32)37-13-12-35-43-25-34(51(35)46-37)31-8-3-11-36(44-31)48-19-17-47(18-20-48)16-14-42-30-7-2-9-33-29(30)24-40(54)50(33)28-22-38(52)45-39(53)23-28/h1-3,5-9,11-13,21,25,28,32,42H,4,10,14-20,22-24H2,(H,45,52,53)/t32-/m1/s1. The zero-order valence-electron chi connectivity index (χ0n) is 29.8. The molecule has 0 radical (unpaired) electrons. The molecule has 0 unspecified atom stereocenters. The predicted octanol–water partition coefficient (Wildman–Crippen LogP) is 4.20. The number of fused-ring (bicyclic) bond motifs is 2. The highest BCUT2D eigenvalue weighted by Gasteiger charge is 2.38. The molecule has 9 rings (SSSR count). The van der Waals surface area contributed by atoms with Crippen molar-refractivity contribution in [1.82, 2.24) is 29.8 Å². The van der Waals surface area contributed by atoms with E-state index < -0.39 is 6.04 Å². The molecule has 4 aliphatic heterocycles. The van der Waals surface area contributed by atoms with Crippen LogP contribution in [0.2, 0.25) is 0 Å². The Hall–Kier alpha value is -5.89. The molecule has 0 bridgehead atoms. The van der Waals surface area contributed by atoms with Crippen molar-refractivity contribution >= 4 is 46.4 Å². The minimum absolute atomic E-state index is 0.0661. The Kier molecular flexibility index (Phi) is 8.89. The number of benzene rings is 2. The Morgan fingerprint density at radius 2 is 1.69 bits per heavy atom. The van der Waals surface area contributed by atoms with Crippen LogP contribution >= 0.6 is 0 Å². The molecule has 3 amide bonds. The fraction of sp³-hybridized carbons (Fsp3) is 0.350. The number of carbonyl (C=O) groups is 3. The summed E-state index contributed by atoms with van der Waals surface area (Å²) in [4.78, 5) is 55.4. The number of amides is 3. The van der Waals surface area contributed by atoms with Crippen LogP contribution in [0, 0.1) is 5.82 Å². The normalized spacial score (nSPS) is 19.5. The lowest BCUT2D eigenvalue weighted by Gasteiger charge is -2.35. The average molecular weight is 729 g/mol. The number of rotatable bonds is 9. The largest absolute Gasteiger partial charge is 0.383 e. The van der Waals surface area contributed by atoms with Crippen molar-refractivity contribution < 1.29 is 18.8 Å². The van der Waals surface area contributed by atoms with Crippen LogP contribution in [-0.2, 0) is 20.8 Å². The number of nitrogens with zero attached hydrogens (tertiary/aromatic N) is 8. The number of piperazine rings is 1. The second-order valence-corrected chi connectivity index (χ2v) is 14.4. The van der Waals surface area contributed by atoms with E-state index in [1.54, 1.807) is 17.0 Å². The third-order valence-electron chi connectivity index (χ3n) is 11.1. The number of hydrogen-bond donors (Lipinski definition) is 2. The fourth-order valence-corrected chi connectivity index (χ4v) is 8.45. The van der Waals surface area contributed by atoms with Crippen LogP contribution in [0.25, 0.3) is 17.0 Å². The quantitative estimate of drug-likeness (QED) is 0.213. The second kappa shape index (κ2) is 14.2. The van der Waals surface area contributed by atoms with Gasteiger partial charge >= 0.3 is 0 Å². The molecule has 0 aliphatic carbocycles. The summed E-state index contributed by atoms with van der Waals surface area (Å²) in [5.74, 6) is 0.746. The van der Waals surface area contributed by atoms with E-state index in [1.165, 1.54) is 6.07 Å². The monoisotopic (exact) mass is 728 g/mol. The molecule has 13 nitrogen and oxygen atoms in total. The number of carbonyl (C=O) groups excluding carboxylic acids is 3. The maximum atomic E-state index is 14.1. The number of imidazole rings is 1. The second-order valence-electron chi connectivity index (χ2n) is 14.4. The summed E-state index contributed by atoms with van der Waals surface area (Å²) >= 11 is 0. The van der Waals surface area contributed by atoms with E-state index in [4.69, 9.17) is 10.1 Å². The van der Waals surface area contributed by atoms with Gasteiger partial charge < -0.3 is 20.0 Å². The number of imide groups is 1. The zero-order chi connectivity index (χ0) is 36.8. The Bertz CT molecular complexity index is 2240. The molecule has 54 heavy (non-hydrogen) atoms. The van der Waals surface area contributed by atoms with Gasteiger partial charge in [0.05, 0.1) is 30.4 Å². The van der Waals surface area contributed by atoms with Gasteiger partial charge in [0.2, 0.25) is 17.7 Å². The van der Waals surface area contributed by atoms with Crippen LogP contribution in [0.3, 0.4) is 0 Å². The minimum Gasteiger partial charge on any atom is -0.383 e.